The third kappa shape index (κ3) is 3.64. The predicted octanol–water partition coefficient (Wildman–Crippen LogP) is 4.77. The van der Waals surface area contributed by atoms with Gasteiger partial charge in [-0.05, 0) is 36.2 Å². The monoisotopic (exact) mass is 257 g/mol. The molecule has 0 saturated heterocycles. The first-order valence-electron chi connectivity index (χ1n) is 5.97. The Bertz CT molecular complexity index is 532. The molecule has 18 heavy (non-hydrogen) atoms. The maximum absolute atomic E-state index is 5.92. The standard InChI is InChI=1S/C16H16ClN/c1-13-12-15(17)9-10-16(13)18-11-5-8-14-6-3-2-4-7-14/h2-10,12,18H,11H2,1H3/b8-5+. The zero-order valence-electron chi connectivity index (χ0n) is 10.4. The lowest BCUT2D eigenvalue weighted by Crippen LogP contribution is -1.99. The topological polar surface area (TPSA) is 12.0 Å². The summed E-state index contributed by atoms with van der Waals surface area (Å²) in [6.45, 7) is 2.85. The molecule has 0 aliphatic heterocycles. The van der Waals surface area contributed by atoms with Gasteiger partial charge in [0.05, 0.1) is 0 Å². The van der Waals surface area contributed by atoms with Gasteiger partial charge in [0.2, 0.25) is 0 Å². The molecule has 2 aromatic carbocycles. The summed E-state index contributed by atoms with van der Waals surface area (Å²) in [5.74, 6) is 0. The number of nitrogens with one attached hydrogen (secondary N) is 1. The Kier molecular flexibility index (Phi) is 4.43. The lowest BCUT2D eigenvalue weighted by atomic mass is 10.2. The minimum Gasteiger partial charge on any atom is -0.381 e. The van der Waals surface area contributed by atoms with Crippen LogP contribution in [-0.4, -0.2) is 6.54 Å². The molecule has 0 spiro atoms. The highest BCUT2D eigenvalue weighted by Crippen LogP contribution is 2.19. The number of rotatable bonds is 4. The first kappa shape index (κ1) is 12.7. The van der Waals surface area contributed by atoms with Gasteiger partial charge in [0.15, 0.2) is 0 Å². The Hall–Kier alpha value is -1.73. The Morgan fingerprint density at radius 3 is 2.61 bits per heavy atom. The van der Waals surface area contributed by atoms with Crippen LogP contribution in [0.3, 0.4) is 0 Å². The van der Waals surface area contributed by atoms with Gasteiger partial charge in [0.25, 0.3) is 0 Å². The van der Waals surface area contributed by atoms with Gasteiger partial charge in [-0.25, -0.2) is 0 Å². The van der Waals surface area contributed by atoms with Crippen LogP contribution in [0.1, 0.15) is 11.1 Å². The van der Waals surface area contributed by atoms with Crippen LogP contribution in [0.5, 0.6) is 0 Å². The Morgan fingerprint density at radius 1 is 1.11 bits per heavy atom. The average molecular weight is 258 g/mol. The van der Waals surface area contributed by atoms with Crippen molar-refractivity contribution in [3.05, 3.63) is 70.8 Å². The Labute approximate surface area is 113 Å². The zero-order valence-corrected chi connectivity index (χ0v) is 11.1. The number of hydrogen-bond acceptors (Lipinski definition) is 1. The van der Waals surface area contributed by atoms with E-state index in [4.69, 9.17) is 11.6 Å². The van der Waals surface area contributed by atoms with Crippen molar-refractivity contribution in [2.24, 2.45) is 0 Å². The van der Waals surface area contributed by atoms with Crippen LogP contribution >= 0.6 is 11.6 Å². The van der Waals surface area contributed by atoms with Gasteiger partial charge in [0, 0.05) is 17.3 Å². The first-order chi connectivity index (χ1) is 8.75. The van der Waals surface area contributed by atoms with Crippen LogP contribution in [0.15, 0.2) is 54.6 Å². The maximum atomic E-state index is 5.92. The van der Waals surface area contributed by atoms with Crippen molar-refractivity contribution < 1.29 is 0 Å². The van der Waals surface area contributed by atoms with Crippen molar-refractivity contribution in [3.63, 3.8) is 0 Å². The minimum absolute atomic E-state index is 0.776. The molecular weight excluding hydrogens is 242 g/mol. The largest absolute Gasteiger partial charge is 0.381 e. The molecule has 0 radical (unpaired) electrons. The van der Waals surface area contributed by atoms with Crippen LogP contribution in [0, 0.1) is 6.92 Å². The summed E-state index contributed by atoms with van der Waals surface area (Å²) in [6, 6.07) is 16.1. The molecule has 1 nitrogen and oxygen atoms in total. The van der Waals surface area contributed by atoms with Crippen LogP contribution < -0.4 is 5.32 Å². The van der Waals surface area contributed by atoms with Gasteiger partial charge in [-0.15, -0.1) is 0 Å². The molecule has 0 bridgehead atoms. The van der Waals surface area contributed by atoms with Crippen LogP contribution in [0.25, 0.3) is 6.08 Å². The van der Waals surface area contributed by atoms with E-state index in [1.807, 2.05) is 36.4 Å². The van der Waals surface area contributed by atoms with Gasteiger partial charge in [0.1, 0.15) is 0 Å². The van der Waals surface area contributed by atoms with Crippen molar-refractivity contribution in [1.29, 1.82) is 0 Å². The summed E-state index contributed by atoms with van der Waals surface area (Å²) in [4.78, 5) is 0. The number of halogens is 1. The quantitative estimate of drug-likeness (QED) is 0.832. The highest BCUT2D eigenvalue weighted by Gasteiger charge is 1.96. The van der Waals surface area contributed by atoms with Crippen molar-refractivity contribution >= 4 is 23.4 Å². The highest BCUT2D eigenvalue weighted by atomic mass is 35.5. The summed E-state index contributed by atoms with van der Waals surface area (Å²) in [7, 11) is 0. The summed E-state index contributed by atoms with van der Waals surface area (Å²) in [6.07, 6.45) is 4.22. The second-order valence-electron chi connectivity index (χ2n) is 4.15. The lowest BCUT2D eigenvalue weighted by molar-refractivity contribution is 1.31. The normalized spacial score (nSPS) is 10.8. The molecule has 92 valence electrons. The van der Waals surface area contributed by atoms with Crippen LogP contribution in [0.4, 0.5) is 5.69 Å². The van der Waals surface area contributed by atoms with Gasteiger partial charge in [-0.2, -0.15) is 0 Å². The maximum Gasteiger partial charge on any atom is 0.0410 e. The number of benzene rings is 2. The van der Waals surface area contributed by atoms with Gasteiger partial charge < -0.3 is 5.32 Å². The third-order valence-electron chi connectivity index (χ3n) is 2.71. The molecule has 2 rings (SSSR count). The molecule has 0 aromatic heterocycles. The van der Waals surface area contributed by atoms with E-state index in [1.54, 1.807) is 0 Å². The molecule has 0 amide bonds. The molecule has 2 heteroatoms. The fraction of sp³-hybridized carbons (Fsp3) is 0.125. The van der Waals surface area contributed by atoms with Crippen LogP contribution in [-0.2, 0) is 0 Å². The Morgan fingerprint density at radius 2 is 1.89 bits per heavy atom. The molecule has 0 heterocycles. The molecule has 0 aliphatic rings. The molecule has 0 fully saturated rings. The van der Waals surface area contributed by atoms with E-state index in [0.717, 1.165) is 22.8 Å². The fourth-order valence-corrected chi connectivity index (χ4v) is 1.98. The van der Waals surface area contributed by atoms with Crippen molar-refractivity contribution in [2.45, 2.75) is 6.92 Å². The average Bonchev–Trinajstić information content (AvgIpc) is 2.38. The van der Waals surface area contributed by atoms with E-state index in [9.17, 15) is 0 Å². The van der Waals surface area contributed by atoms with E-state index < -0.39 is 0 Å². The summed E-state index contributed by atoms with van der Waals surface area (Å²) in [5.41, 5.74) is 3.50. The van der Waals surface area contributed by atoms with Crippen molar-refractivity contribution in [3.8, 4) is 0 Å². The van der Waals surface area contributed by atoms with E-state index in [1.165, 1.54) is 5.56 Å². The summed E-state index contributed by atoms with van der Waals surface area (Å²) in [5, 5.41) is 4.14. The van der Waals surface area contributed by atoms with Crippen molar-refractivity contribution in [2.75, 3.05) is 11.9 Å². The van der Waals surface area contributed by atoms with E-state index in [0.29, 0.717) is 0 Å². The second kappa shape index (κ2) is 6.27. The van der Waals surface area contributed by atoms with E-state index in [2.05, 4.69) is 36.5 Å². The van der Waals surface area contributed by atoms with Gasteiger partial charge in [-0.1, -0.05) is 54.1 Å². The SMILES string of the molecule is Cc1cc(Cl)ccc1NC/C=C/c1ccccc1. The van der Waals surface area contributed by atoms with E-state index in [-0.39, 0.29) is 0 Å². The first-order valence-corrected chi connectivity index (χ1v) is 6.35. The molecule has 2 aromatic rings. The lowest BCUT2D eigenvalue weighted by Gasteiger charge is -2.07. The molecule has 0 aliphatic carbocycles. The van der Waals surface area contributed by atoms with Crippen molar-refractivity contribution in [1.82, 2.24) is 0 Å². The second-order valence-corrected chi connectivity index (χ2v) is 4.59. The predicted molar refractivity (Wildman–Crippen MR) is 80.2 cm³/mol. The summed E-state index contributed by atoms with van der Waals surface area (Å²) < 4.78 is 0. The minimum atomic E-state index is 0.776. The molecular formula is C16H16ClN. The highest BCUT2D eigenvalue weighted by molar-refractivity contribution is 6.30. The molecule has 0 atom stereocenters. The number of anilines is 1. The molecule has 1 N–H and O–H groups in total. The van der Waals surface area contributed by atoms with Crippen LogP contribution in [0.2, 0.25) is 5.02 Å². The Balaban J connectivity index is 1.91. The van der Waals surface area contributed by atoms with E-state index >= 15 is 0 Å². The third-order valence-corrected chi connectivity index (χ3v) is 2.94. The smallest absolute Gasteiger partial charge is 0.0410 e. The molecule has 0 saturated carbocycles. The van der Waals surface area contributed by atoms with Gasteiger partial charge in [-0.3, -0.25) is 0 Å². The van der Waals surface area contributed by atoms with Gasteiger partial charge >= 0.3 is 0 Å². The summed E-state index contributed by atoms with van der Waals surface area (Å²) >= 11 is 5.92. The number of aryl methyl sites for hydroxylation is 1. The molecule has 0 unspecified atom stereocenters. The number of hydrogen-bond donors (Lipinski definition) is 1. The zero-order chi connectivity index (χ0) is 12.8. The fourth-order valence-electron chi connectivity index (χ4n) is 1.75.